The summed E-state index contributed by atoms with van der Waals surface area (Å²) in [4.78, 5) is 13.4. The molecule has 1 amide bonds. The molecular weight excluding hydrogens is 192 g/mol. The summed E-state index contributed by atoms with van der Waals surface area (Å²) in [7, 11) is 0. The zero-order valence-corrected chi connectivity index (χ0v) is 9.86. The number of hydrogen-bond acceptors (Lipinski definition) is 3. The summed E-state index contributed by atoms with van der Waals surface area (Å²) in [5.74, 6) is 0.400. The van der Waals surface area contributed by atoms with E-state index < -0.39 is 11.6 Å². The minimum Gasteiger partial charge on any atom is -0.386 e. The first kappa shape index (κ1) is 12.5. The van der Waals surface area contributed by atoms with E-state index in [1.54, 1.807) is 4.90 Å². The highest BCUT2D eigenvalue weighted by Crippen LogP contribution is 2.24. The lowest BCUT2D eigenvalue weighted by Crippen LogP contribution is -2.65. The van der Waals surface area contributed by atoms with E-state index in [0.717, 1.165) is 0 Å². The van der Waals surface area contributed by atoms with Crippen LogP contribution in [0.4, 0.5) is 0 Å². The minimum absolute atomic E-state index is 0.0261. The van der Waals surface area contributed by atoms with Crippen LogP contribution in [0.15, 0.2) is 0 Å². The van der Waals surface area contributed by atoms with Crippen LogP contribution in [-0.4, -0.2) is 40.6 Å². The molecule has 88 valence electrons. The van der Waals surface area contributed by atoms with Gasteiger partial charge in [0, 0.05) is 0 Å². The number of rotatable bonds is 4. The van der Waals surface area contributed by atoms with Crippen molar-refractivity contribution in [2.24, 2.45) is 11.7 Å². The molecule has 1 aliphatic heterocycles. The summed E-state index contributed by atoms with van der Waals surface area (Å²) >= 11 is 0. The first-order chi connectivity index (χ1) is 6.88. The third-order valence-corrected chi connectivity index (χ3v) is 2.98. The molecule has 4 heteroatoms. The van der Waals surface area contributed by atoms with Gasteiger partial charge in [0.2, 0.25) is 5.91 Å². The minimum atomic E-state index is -0.660. The van der Waals surface area contributed by atoms with Gasteiger partial charge in [-0.15, -0.1) is 0 Å². The summed E-state index contributed by atoms with van der Waals surface area (Å²) in [6.45, 7) is 6.90. The predicted molar refractivity (Wildman–Crippen MR) is 59.3 cm³/mol. The van der Waals surface area contributed by atoms with Crippen LogP contribution in [0.5, 0.6) is 0 Å². The molecule has 1 rings (SSSR count). The van der Waals surface area contributed by atoms with Gasteiger partial charge in [0.05, 0.1) is 24.7 Å². The average molecular weight is 214 g/mol. The Morgan fingerprint density at radius 3 is 2.47 bits per heavy atom. The molecule has 3 N–H and O–H groups in total. The molecule has 1 heterocycles. The maximum absolute atomic E-state index is 11.8. The molecule has 1 saturated heterocycles. The standard InChI is InChI=1S/C11H22N2O2/c1-4-11(15)6-13(7-11)10(14)9(12)5-8(2)3/h8-9,15H,4-7,12H2,1-3H3. The number of amides is 1. The van der Waals surface area contributed by atoms with Crippen LogP contribution in [0.3, 0.4) is 0 Å². The number of carbonyl (C=O) groups is 1. The van der Waals surface area contributed by atoms with Crippen LogP contribution < -0.4 is 5.73 Å². The lowest BCUT2D eigenvalue weighted by Gasteiger charge is -2.47. The van der Waals surface area contributed by atoms with Crippen LogP contribution >= 0.6 is 0 Å². The van der Waals surface area contributed by atoms with Gasteiger partial charge in [-0.05, 0) is 18.8 Å². The molecule has 0 saturated carbocycles. The Hall–Kier alpha value is -0.610. The van der Waals surface area contributed by atoms with Crippen molar-refractivity contribution in [1.82, 2.24) is 4.90 Å². The van der Waals surface area contributed by atoms with E-state index in [1.165, 1.54) is 0 Å². The smallest absolute Gasteiger partial charge is 0.239 e. The van der Waals surface area contributed by atoms with Gasteiger partial charge in [0.25, 0.3) is 0 Å². The number of nitrogens with two attached hydrogens (primary N) is 1. The molecule has 1 unspecified atom stereocenters. The summed E-state index contributed by atoms with van der Waals surface area (Å²) in [5, 5.41) is 9.77. The lowest BCUT2D eigenvalue weighted by atomic mass is 9.90. The van der Waals surface area contributed by atoms with Crippen LogP contribution in [-0.2, 0) is 4.79 Å². The van der Waals surface area contributed by atoms with Crippen molar-refractivity contribution in [1.29, 1.82) is 0 Å². The molecular formula is C11H22N2O2. The van der Waals surface area contributed by atoms with Gasteiger partial charge in [-0.1, -0.05) is 20.8 Å². The number of likely N-dealkylation sites (tertiary alicyclic amines) is 1. The van der Waals surface area contributed by atoms with Crippen molar-refractivity contribution < 1.29 is 9.90 Å². The molecule has 0 spiro atoms. The first-order valence-electron chi connectivity index (χ1n) is 5.64. The van der Waals surface area contributed by atoms with Crippen molar-refractivity contribution in [3.63, 3.8) is 0 Å². The quantitative estimate of drug-likeness (QED) is 0.709. The normalized spacial score (nSPS) is 21.3. The van der Waals surface area contributed by atoms with E-state index in [-0.39, 0.29) is 5.91 Å². The van der Waals surface area contributed by atoms with Crippen molar-refractivity contribution in [2.75, 3.05) is 13.1 Å². The van der Waals surface area contributed by atoms with Crippen molar-refractivity contribution in [3.05, 3.63) is 0 Å². The van der Waals surface area contributed by atoms with Gasteiger partial charge in [-0.3, -0.25) is 4.79 Å². The second-order valence-corrected chi connectivity index (χ2v) is 5.01. The highest BCUT2D eigenvalue weighted by Gasteiger charge is 2.43. The van der Waals surface area contributed by atoms with Gasteiger partial charge >= 0.3 is 0 Å². The molecule has 15 heavy (non-hydrogen) atoms. The number of nitrogens with zero attached hydrogens (tertiary/aromatic N) is 1. The fraction of sp³-hybridized carbons (Fsp3) is 0.909. The van der Waals surface area contributed by atoms with Gasteiger partial charge in [0.15, 0.2) is 0 Å². The Morgan fingerprint density at radius 1 is 1.53 bits per heavy atom. The molecule has 4 nitrogen and oxygen atoms in total. The lowest BCUT2D eigenvalue weighted by molar-refractivity contribution is -0.157. The Kier molecular flexibility index (Phi) is 3.73. The van der Waals surface area contributed by atoms with Gasteiger partial charge in [-0.25, -0.2) is 0 Å². The van der Waals surface area contributed by atoms with E-state index in [4.69, 9.17) is 5.73 Å². The number of carbonyl (C=O) groups excluding carboxylic acids is 1. The Bertz CT molecular complexity index is 235. The monoisotopic (exact) mass is 214 g/mol. The summed E-state index contributed by atoms with van der Waals surface area (Å²) in [5.41, 5.74) is 5.13. The molecule has 0 aromatic rings. The van der Waals surface area contributed by atoms with Crippen LogP contribution in [0.25, 0.3) is 0 Å². The highest BCUT2D eigenvalue weighted by atomic mass is 16.3. The van der Waals surface area contributed by atoms with Crippen LogP contribution in [0, 0.1) is 5.92 Å². The van der Waals surface area contributed by atoms with E-state index >= 15 is 0 Å². The van der Waals surface area contributed by atoms with E-state index in [1.807, 2.05) is 20.8 Å². The summed E-state index contributed by atoms with van der Waals surface area (Å²) in [6, 6.07) is -0.411. The zero-order valence-electron chi connectivity index (χ0n) is 9.86. The van der Waals surface area contributed by atoms with E-state index in [0.29, 0.717) is 31.8 Å². The molecule has 0 aliphatic carbocycles. The Labute approximate surface area is 91.4 Å². The molecule has 0 radical (unpaired) electrons. The third kappa shape index (κ3) is 2.92. The molecule has 0 aromatic carbocycles. The molecule has 0 bridgehead atoms. The number of β-amino-alcohol motifs (C(OH)–C–C–N with tert-alkyl or cyclic N) is 1. The third-order valence-electron chi connectivity index (χ3n) is 2.98. The fourth-order valence-corrected chi connectivity index (χ4v) is 1.89. The van der Waals surface area contributed by atoms with E-state index in [9.17, 15) is 9.90 Å². The molecule has 1 aliphatic rings. The molecule has 1 atom stereocenters. The average Bonchev–Trinajstić information content (AvgIpc) is 2.10. The molecule has 1 fully saturated rings. The van der Waals surface area contributed by atoms with Crippen molar-refractivity contribution >= 4 is 5.91 Å². The highest BCUT2D eigenvalue weighted by molar-refractivity contribution is 5.82. The molecule has 0 aromatic heterocycles. The fourth-order valence-electron chi connectivity index (χ4n) is 1.89. The number of hydrogen-bond donors (Lipinski definition) is 2. The second kappa shape index (κ2) is 4.49. The predicted octanol–water partition coefficient (Wildman–Crippen LogP) is 0.343. The summed E-state index contributed by atoms with van der Waals surface area (Å²) < 4.78 is 0. The largest absolute Gasteiger partial charge is 0.386 e. The SMILES string of the molecule is CCC1(O)CN(C(=O)C(N)CC(C)C)C1. The number of aliphatic hydroxyl groups is 1. The van der Waals surface area contributed by atoms with Gasteiger partial charge in [-0.2, -0.15) is 0 Å². The van der Waals surface area contributed by atoms with Gasteiger partial charge in [0.1, 0.15) is 0 Å². The van der Waals surface area contributed by atoms with Crippen LogP contribution in [0.2, 0.25) is 0 Å². The maximum Gasteiger partial charge on any atom is 0.239 e. The van der Waals surface area contributed by atoms with E-state index in [2.05, 4.69) is 0 Å². The topological polar surface area (TPSA) is 66.6 Å². The zero-order chi connectivity index (χ0) is 11.6. The van der Waals surface area contributed by atoms with Gasteiger partial charge < -0.3 is 15.7 Å². The van der Waals surface area contributed by atoms with Crippen LogP contribution in [0.1, 0.15) is 33.6 Å². The maximum atomic E-state index is 11.8. The second-order valence-electron chi connectivity index (χ2n) is 5.01. The van der Waals surface area contributed by atoms with Crippen molar-refractivity contribution in [3.8, 4) is 0 Å². The Morgan fingerprint density at radius 2 is 2.07 bits per heavy atom. The first-order valence-corrected chi connectivity index (χ1v) is 5.64. The summed E-state index contributed by atoms with van der Waals surface area (Å²) in [6.07, 6.45) is 1.40. The Balaban J connectivity index is 2.37. The van der Waals surface area contributed by atoms with Crippen molar-refractivity contribution in [2.45, 2.75) is 45.3 Å².